The van der Waals surface area contributed by atoms with E-state index >= 15 is 0 Å². The number of carbonyl (C=O) groups is 1. The Kier molecular flexibility index (Phi) is 3.75. The molecule has 1 aromatic heterocycles. The van der Waals surface area contributed by atoms with Crippen molar-refractivity contribution in [3.8, 4) is 5.88 Å². The molecular weight excluding hydrogens is 357 g/mol. The molecule has 27 heavy (non-hydrogen) atoms. The lowest BCUT2D eigenvalue weighted by atomic mass is 9.49. The van der Waals surface area contributed by atoms with Crippen LogP contribution in [-0.2, 0) is 11.0 Å². The first-order valence-corrected chi connectivity index (χ1v) is 9.81. The van der Waals surface area contributed by atoms with Gasteiger partial charge in [-0.05, 0) is 68.4 Å². The molecular formula is C20H23F3N2O2. The lowest BCUT2D eigenvalue weighted by molar-refractivity contribution is -0.167. The van der Waals surface area contributed by atoms with Crippen LogP contribution in [0.4, 0.5) is 13.2 Å². The molecule has 5 aliphatic rings. The van der Waals surface area contributed by atoms with Gasteiger partial charge in [-0.3, -0.25) is 4.79 Å². The first-order valence-electron chi connectivity index (χ1n) is 9.81. The maximum absolute atomic E-state index is 13.2. The molecule has 0 spiro atoms. The normalized spacial score (nSPS) is 35.2. The zero-order chi connectivity index (χ0) is 18.8. The van der Waals surface area contributed by atoms with Crippen LogP contribution in [0.15, 0.2) is 18.3 Å². The third-order valence-corrected chi connectivity index (χ3v) is 6.98. The van der Waals surface area contributed by atoms with Gasteiger partial charge in [-0.1, -0.05) is 0 Å². The summed E-state index contributed by atoms with van der Waals surface area (Å²) in [6.07, 6.45) is 3.20. The van der Waals surface area contributed by atoms with Gasteiger partial charge in [-0.2, -0.15) is 13.2 Å². The van der Waals surface area contributed by atoms with Crippen LogP contribution in [0.2, 0.25) is 0 Å². The lowest BCUT2D eigenvalue weighted by Crippen LogP contribution is -2.62. The Hall–Kier alpha value is -1.79. The van der Waals surface area contributed by atoms with Crippen molar-refractivity contribution in [1.82, 2.24) is 9.88 Å². The summed E-state index contributed by atoms with van der Waals surface area (Å²) < 4.78 is 44.7. The molecule has 4 saturated carbocycles. The van der Waals surface area contributed by atoms with E-state index in [0.29, 0.717) is 30.8 Å². The average molecular weight is 380 g/mol. The summed E-state index contributed by atoms with van der Waals surface area (Å²) in [4.78, 5) is 18.7. The zero-order valence-electron chi connectivity index (χ0n) is 15.0. The van der Waals surface area contributed by atoms with Crippen LogP contribution in [0.5, 0.6) is 5.88 Å². The molecule has 1 aromatic rings. The number of likely N-dealkylation sites (tertiary alicyclic amines) is 1. The van der Waals surface area contributed by atoms with Crippen LogP contribution < -0.4 is 4.74 Å². The van der Waals surface area contributed by atoms with Crippen LogP contribution in [0.3, 0.4) is 0 Å². The van der Waals surface area contributed by atoms with Gasteiger partial charge in [-0.15, -0.1) is 0 Å². The fourth-order valence-electron chi connectivity index (χ4n) is 6.24. The topological polar surface area (TPSA) is 42.4 Å². The highest BCUT2D eigenvalue weighted by Gasteiger charge is 2.56. The van der Waals surface area contributed by atoms with Crippen molar-refractivity contribution in [3.05, 3.63) is 23.9 Å². The van der Waals surface area contributed by atoms with E-state index in [2.05, 4.69) is 4.98 Å². The molecule has 4 nitrogen and oxygen atoms in total. The van der Waals surface area contributed by atoms with Crippen molar-refractivity contribution in [2.75, 3.05) is 13.1 Å². The van der Waals surface area contributed by atoms with E-state index in [1.165, 1.54) is 31.5 Å². The zero-order valence-corrected chi connectivity index (χ0v) is 15.0. The molecule has 146 valence electrons. The number of alkyl halides is 3. The molecule has 7 heteroatoms. The van der Waals surface area contributed by atoms with Crippen molar-refractivity contribution in [2.45, 2.75) is 50.8 Å². The molecule has 4 aliphatic carbocycles. The van der Waals surface area contributed by atoms with Gasteiger partial charge in [0, 0.05) is 6.20 Å². The highest BCUT2D eigenvalue weighted by Crippen LogP contribution is 2.60. The number of amides is 1. The van der Waals surface area contributed by atoms with E-state index in [4.69, 9.17) is 4.74 Å². The summed E-state index contributed by atoms with van der Waals surface area (Å²) in [5.74, 6) is 1.89. The Balaban J connectivity index is 1.24. The summed E-state index contributed by atoms with van der Waals surface area (Å²) in [7, 11) is 0. The highest BCUT2D eigenvalue weighted by molar-refractivity contribution is 5.84. The van der Waals surface area contributed by atoms with Crippen LogP contribution in [0.25, 0.3) is 0 Å². The lowest BCUT2D eigenvalue weighted by Gasteiger charge is -2.57. The van der Waals surface area contributed by atoms with Gasteiger partial charge < -0.3 is 9.64 Å². The van der Waals surface area contributed by atoms with Crippen molar-refractivity contribution in [3.63, 3.8) is 0 Å². The molecule has 5 fully saturated rings. The van der Waals surface area contributed by atoms with Crippen molar-refractivity contribution in [1.29, 1.82) is 0 Å². The van der Waals surface area contributed by atoms with Gasteiger partial charge in [0.1, 0.15) is 11.7 Å². The molecule has 1 aliphatic heterocycles. The van der Waals surface area contributed by atoms with E-state index in [1.807, 2.05) is 0 Å². The summed E-state index contributed by atoms with van der Waals surface area (Å²) in [5.41, 5.74) is -1.07. The average Bonchev–Trinajstić information content (AvgIpc) is 2.55. The van der Waals surface area contributed by atoms with E-state index in [9.17, 15) is 18.0 Å². The Morgan fingerprint density at radius 3 is 2.26 bits per heavy atom. The number of hydrogen-bond donors (Lipinski definition) is 0. The maximum atomic E-state index is 13.2. The second-order valence-corrected chi connectivity index (χ2v) is 9.00. The quantitative estimate of drug-likeness (QED) is 0.799. The molecule has 4 bridgehead atoms. The van der Waals surface area contributed by atoms with Crippen LogP contribution in [0, 0.1) is 23.2 Å². The number of aromatic nitrogens is 1. The molecule has 6 rings (SSSR count). The smallest absolute Gasteiger partial charge is 0.421 e. The fraction of sp³-hybridized carbons (Fsp3) is 0.700. The summed E-state index contributed by atoms with van der Waals surface area (Å²) in [5, 5.41) is 0. The van der Waals surface area contributed by atoms with Crippen molar-refractivity contribution >= 4 is 5.91 Å². The molecule has 2 heterocycles. The first kappa shape index (κ1) is 17.3. The molecule has 0 atom stereocenters. The largest absolute Gasteiger partial charge is 0.470 e. The minimum atomic E-state index is -4.50. The Morgan fingerprint density at radius 1 is 1.11 bits per heavy atom. The van der Waals surface area contributed by atoms with Crippen molar-refractivity contribution < 1.29 is 22.7 Å². The Morgan fingerprint density at radius 2 is 1.70 bits per heavy atom. The highest BCUT2D eigenvalue weighted by atomic mass is 19.4. The van der Waals surface area contributed by atoms with E-state index in [1.54, 1.807) is 4.90 Å². The number of rotatable bonds is 3. The Labute approximate surface area is 156 Å². The molecule has 0 aromatic carbocycles. The van der Waals surface area contributed by atoms with Gasteiger partial charge in [0.2, 0.25) is 11.8 Å². The summed E-state index contributed by atoms with van der Waals surface area (Å²) in [6, 6.07) is 2.22. The summed E-state index contributed by atoms with van der Waals surface area (Å²) in [6.45, 7) is 0.711. The van der Waals surface area contributed by atoms with E-state index < -0.39 is 23.7 Å². The third-order valence-electron chi connectivity index (χ3n) is 6.98. The monoisotopic (exact) mass is 380 g/mol. The fourth-order valence-corrected chi connectivity index (χ4v) is 6.24. The maximum Gasteiger partial charge on any atom is 0.421 e. The predicted octanol–water partition coefficient (Wildman–Crippen LogP) is 3.91. The predicted molar refractivity (Wildman–Crippen MR) is 90.8 cm³/mol. The second-order valence-electron chi connectivity index (χ2n) is 9.00. The number of nitrogens with zero attached hydrogens (tertiary/aromatic N) is 2. The molecule has 0 N–H and O–H groups in total. The SMILES string of the molecule is O=C(N1CC(Oc2ncccc2C(F)(F)F)C1)C12CC3CC(CC(C3)C1)C2. The number of carbonyl (C=O) groups excluding carboxylic acids is 1. The number of halogens is 3. The van der Waals surface area contributed by atoms with Crippen LogP contribution in [0.1, 0.15) is 44.1 Å². The van der Waals surface area contributed by atoms with Crippen molar-refractivity contribution in [2.24, 2.45) is 23.2 Å². The van der Waals surface area contributed by atoms with E-state index in [0.717, 1.165) is 25.3 Å². The van der Waals surface area contributed by atoms with Gasteiger partial charge in [-0.25, -0.2) is 4.98 Å². The number of hydrogen-bond acceptors (Lipinski definition) is 3. The van der Waals surface area contributed by atoms with Crippen LogP contribution >= 0.6 is 0 Å². The second kappa shape index (κ2) is 5.85. The van der Waals surface area contributed by atoms with Crippen LogP contribution in [-0.4, -0.2) is 35.0 Å². The minimum absolute atomic E-state index is 0.207. The molecule has 1 amide bonds. The Bertz CT molecular complexity index is 723. The van der Waals surface area contributed by atoms with Gasteiger partial charge in [0.25, 0.3) is 0 Å². The number of ether oxygens (including phenoxy) is 1. The summed E-state index contributed by atoms with van der Waals surface area (Å²) >= 11 is 0. The molecule has 0 unspecified atom stereocenters. The van der Waals surface area contributed by atoms with E-state index in [-0.39, 0.29) is 11.3 Å². The third kappa shape index (κ3) is 2.90. The van der Waals surface area contributed by atoms with Gasteiger partial charge in [0.05, 0.1) is 18.5 Å². The molecule has 1 saturated heterocycles. The van der Waals surface area contributed by atoms with Gasteiger partial charge >= 0.3 is 6.18 Å². The minimum Gasteiger partial charge on any atom is -0.470 e. The molecule has 0 radical (unpaired) electrons. The number of pyridine rings is 1. The van der Waals surface area contributed by atoms with Gasteiger partial charge in [0.15, 0.2) is 0 Å². The first-order chi connectivity index (χ1) is 12.8. The standard InChI is InChI=1S/C20H23F3N2O2/c21-20(22,23)16-2-1-3-24-17(16)27-15-10-25(11-15)18(26)19-7-12-4-13(8-19)6-14(5-12)9-19/h1-3,12-15H,4-11H2.